The Morgan fingerprint density at radius 1 is 1.35 bits per heavy atom. The minimum Gasteiger partial charge on any atom is -0.490 e. The number of thiophene rings is 1. The molecule has 2 heterocycles. The van der Waals surface area contributed by atoms with Gasteiger partial charge in [0.25, 0.3) is 15.9 Å². The number of nitrogens with two attached hydrogens (primary N) is 1. The lowest BCUT2D eigenvalue weighted by Gasteiger charge is -2.27. The van der Waals surface area contributed by atoms with Gasteiger partial charge < -0.3 is 31.1 Å². The third kappa shape index (κ3) is 6.08. The number of amides is 1. The van der Waals surface area contributed by atoms with Crippen LogP contribution in [0.3, 0.4) is 0 Å². The maximum Gasteiger partial charge on any atom is 0.326 e. The summed E-state index contributed by atoms with van der Waals surface area (Å²) in [6, 6.07) is 4.78. The number of likely N-dealkylation sites (N-methyl/N-ethyl adjacent to an activating group) is 1. The molecule has 12 nitrogen and oxygen atoms in total. The van der Waals surface area contributed by atoms with Gasteiger partial charge in [-0.1, -0.05) is 0 Å². The Kier molecular flexibility index (Phi) is 7.83. The lowest BCUT2D eigenvalue weighted by Crippen LogP contribution is -2.41. The quantitative estimate of drug-likeness (QED) is 0.153. The number of fused-ring (bicyclic) bond motifs is 1. The van der Waals surface area contributed by atoms with Crippen LogP contribution in [0.4, 0.5) is 11.4 Å². The number of ether oxygens (including phenoxy) is 1. The number of carboxylic acid groups (broad SMARTS) is 1. The van der Waals surface area contributed by atoms with Crippen molar-refractivity contribution in [1.29, 1.82) is 5.41 Å². The molecule has 0 fully saturated rings. The lowest BCUT2D eigenvalue weighted by atomic mass is 10.1. The van der Waals surface area contributed by atoms with E-state index in [1.165, 1.54) is 23.6 Å². The van der Waals surface area contributed by atoms with Crippen LogP contribution in [0.2, 0.25) is 0 Å². The lowest BCUT2D eigenvalue weighted by molar-refractivity contribution is -0.139. The number of carbonyl (C=O) groups excluding carboxylic acids is 1. The number of guanidine groups is 1. The summed E-state index contributed by atoms with van der Waals surface area (Å²) in [7, 11) is -2.16. The minimum atomic E-state index is -4.04. The summed E-state index contributed by atoms with van der Waals surface area (Å²) in [6.45, 7) is 1.40. The number of carbonyl (C=O) groups is 2. The maximum atomic E-state index is 13.0. The van der Waals surface area contributed by atoms with Crippen LogP contribution in [-0.2, 0) is 14.8 Å². The van der Waals surface area contributed by atoms with E-state index in [1.54, 1.807) is 6.07 Å². The molecule has 0 saturated carbocycles. The zero-order chi connectivity index (χ0) is 24.9. The van der Waals surface area contributed by atoms with Gasteiger partial charge in [-0.15, -0.1) is 11.3 Å². The number of anilines is 2. The van der Waals surface area contributed by atoms with Gasteiger partial charge >= 0.3 is 5.97 Å². The fourth-order valence-electron chi connectivity index (χ4n) is 3.29. The van der Waals surface area contributed by atoms with Gasteiger partial charge in [-0.05, 0) is 36.4 Å². The first-order valence-electron chi connectivity index (χ1n) is 10.3. The first-order chi connectivity index (χ1) is 16.1. The average Bonchev–Trinajstić information content (AvgIpc) is 3.23. The molecular weight excluding hydrogens is 484 g/mol. The molecule has 0 spiro atoms. The zero-order valence-corrected chi connectivity index (χ0v) is 20.0. The zero-order valence-electron chi connectivity index (χ0n) is 18.3. The Balaban J connectivity index is 1.71. The summed E-state index contributed by atoms with van der Waals surface area (Å²) in [5.41, 5.74) is 6.00. The van der Waals surface area contributed by atoms with Crippen LogP contribution in [0, 0.1) is 5.41 Å². The van der Waals surface area contributed by atoms with E-state index in [1.807, 2.05) is 11.9 Å². The third-order valence-electron chi connectivity index (χ3n) is 5.04. The van der Waals surface area contributed by atoms with E-state index in [4.69, 9.17) is 15.9 Å². The number of nitrogens with zero attached hydrogens (tertiary/aromatic N) is 1. The highest BCUT2D eigenvalue weighted by atomic mass is 32.2. The Hall–Kier alpha value is -3.52. The highest BCUT2D eigenvalue weighted by Crippen LogP contribution is 2.34. The van der Waals surface area contributed by atoms with Crippen LogP contribution in [0.1, 0.15) is 22.5 Å². The maximum absolute atomic E-state index is 13.0. The summed E-state index contributed by atoms with van der Waals surface area (Å²) in [5, 5.41) is 23.0. The molecule has 14 heteroatoms. The van der Waals surface area contributed by atoms with Crippen molar-refractivity contribution in [3.8, 4) is 5.75 Å². The van der Waals surface area contributed by atoms with E-state index in [2.05, 4.69) is 15.4 Å². The molecule has 7 N–H and O–H groups in total. The highest BCUT2D eigenvalue weighted by molar-refractivity contribution is 7.92. The largest absolute Gasteiger partial charge is 0.490 e. The van der Waals surface area contributed by atoms with Crippen molar-refractivity contribution in [2.24, 2.45) is 5.73 Å². The van der Waals surface area contributed by atoms with Gasteiger partial charge in [0.15, 0.2) is 5.96 Å². The van der Waals surface area contributed by atoms with E-state index in [-0.39, 0.29) is 34.4 Å². The summed E-state index contributed by atoms with van der Waals surface area (Å²) in [4.78, 5) is 26.2. The van der Waals surface area contributed by atoms with Crippen LogP contribution < -0.4 is 30.7 Å². The van der Waals surface area contributed by atoms with Crippen molar-refractivity contribution in [3.05, 3.63) is 34.5 Å². The van der Waals surface area contributed by atoms with Crippen molar-refractivity contribution in [1.82, 2.24) is 10.6 Å². The molecule has 0 saturated heterocycles. The van der Waals surface area contributed by atoms with Crippen molar-refractivity contribution >= 4 is 50.6 Å². The van der Waals surface area contributed by atoms with Gasteiger partial charge in [0.2, 0.25) is 0 Å². The fraction of sp³-hybridized carbons (Fsp3) is 0.350. The predicted molar refractivity (Wildman–Crippen MR) is 128 cm³/mol. The smallest absolute Gasteiger partial charge is 0.326 e. The predicted octanol–water partition coefficient (Wildman–Crippen LogP) is 0.824. The Bertz CT molecular complexity index is 1180. The monoisotopic (exact) mass is 510 g/mol. The molecule has 1 atom stereocenters. The number of benzene rings is 1. The van der Waals surface area contributed by atoms with Crippen molar-refractivity contribution in [3.63, 3.8) is 0 Å². The van der Waals surface area contributed by atoms with Gasteiger partial charge in [0, 0.05) is 19.7 Å². The number of aliphatic carboxylic acids is 1. The average molecular weight is 511 g/mol. The van der Waals surface area contributed by atoms with E-state index < -0.39 is 27.9 Å². The highest BCUT2D eigenvalue weighted by Gasteiger charge is 2.26. The molecule has 1 aliphatic heterocycles. The Morgan fingerprint density at radius 2 is 2.12 bits per heavy atom. The van der Waals surface area contributed by atoms with E-state index in [9.17, 15) is 23.1 Å². The van der Waals surface area contributed by atoms with E-state index in [0.717, 1.165) is 17.0 Å². The standard InChI is InChI=1S/C20H26N6O6S2/c1-26-8-9-32-16-11-12(4-5-15(16)26)34(30,31)25-13-6-10-33-17(13)18(27)24-14(19(28)29)3-2-7-23-20(21)22/h4-6,10-11,14,25H,2-3,7-9H2,1H3,(H,24,27)(H,28,29)(H4,21,22,23)/t14-/m0/s1. The number of sulfonamides is 1. The first-order valence-corrected chi connectivity index (χ1v) is 12.6. The molecular formula is C20H26N6O6S2. The summed E-state index contributed by atoms with van der Waals surface area (Å²) in [6.07, 6.45) is 0.438. The van der Waals surface area contributed by atoms with E-state index >= 15 is 0 Å². The fourth-order valence-corrected chi connectivity index (χ4v) is 5.19. The number of hydrogen-bond acceptors (Lipinski definition) is 8. The molecule has 184 valence electrons. The second-order valence-electron chi connectivity index (χ2n) is 7.52. The molecule has 0 bridgehead atoms. The van der Waals surface area contributed by atoms with Crippen LogP contribution in [0.15, 0.2) is 34.5 Å². The van der Waals surface area contributed by atoms with Crippen LogP contribution in [0.25, 0.3) is 0 Å². The number of carboxylic acids is 1. The molecule has 2 aromatic rings. The number of rotatable bonds is 10. The normalized spacial score (nSPS) is 13.9. The Morgan fingerprint density at radius 3 is 2.82 bits per heavy atom. The Labute approximate surface area is 200 Å². The molecule has 1 aliphatic rings. The molecule has 1 amide bonds. The molecule has 34 heavy (non-hydrogen) atoms. The second-order valence-corrected chi connectivity index (χ2v) is 10.1. The van der Waals surface area contributed by atoms with Crippen molar-refractivity contribution < 1.29 is 27.9 Å². The van der Waals surface area contributed by atoms with E-state index in [0.29, 0.717) is 25.3 Å². The van der Waals surface area contributed by atoms with Crippen LogP contribution in [-0.4, -0.2) is 64.1 Å². The molecule has 0 unspecified atom stereocenters. The summed E-state index contributed by atoms with van der Waals surface area (Å²) in [5.74, 6) is -1.73. The minimum absolute atomic E-state index is 0.0273. The van der Waals surface area contributed by atoms with Gasteiger partial charge in [-0.3, -0.25) is 14.9 Å². The van der Waals surface area contributed by atoms with Crippen molar-refractivity contribution in [2.75, 3.05) is 36.4 Å². The first kappa shape index (κ1) is 25.1. The summed E-state index contributed by atoms with van der Waals surface area (Å²) >= 11 is 0.982. The SMILES string of the molecule is CN1CCOc2cc(S(=O)(=O)Nc3ccsc3C(=O)N[C@@H](CCCNC(=N)N)C(=O)O)ccc21. The molecule has 1 aromatic heterocycles. The van der Waals surface area contributed by atoms with Crippen LogP contribution >= 0.6 is 11.3 Å². The number of nitrogens with one attached hydrogen (secondary N) is 4. The van der Waals surface area contributed by atoms with Gasteiger partial charge in [0.05, 0.1) is 22.8 Å². The van der Waals surface area contributed by atoms with Gasteiger partial charge in [-0.2, -0.15) is 0 Å². The molecule has 0 radical (unpaired) electrons. The summed E-state index contributed by atoms with van der Waals surface area (Å²) < 4.78 is 33.9. The number of hydrogen-bond donors (Lipinski definition) is 6. The topological polar surface area (TPSA) is 187 Å². The molecule has 0 aliphatic carbocycles. The second kappa shape index (κ2) is 10.6. The molecule has 3 rings (SSSR count). The van der Waals surface area contributed by atoms with Crippen molar-refractivity contribution in [2.45, 2.75) is 23.8 Å². The van der Waals surface area contributed by atoms with Crippen LogP contribution in [0.5, 0.6) is 5.75 Å². The molecule has 1 aromatic carbocycles. The van der Waals surface area contributed by atoms with Gasteiger partial charge in [0.1, 0.15) is 23.3 Å². The third-order valence-corrected chi connectivity index (χ3v) is 7.32. The van der Waals surface area contributed by atoms with Gasteiger partial charge in [-0.25, -0.2) is 13.2 Å².